The van der Waals surface area contributed by atoms with Gasteiger partial charge in [0.05, 0.1) is 26.4 Å². The Balaban J connectivity index is 1.67. The molecule has 2 aliphatic heterocycles. The van der Waals surface area contributed by atoms with Crippen LogP contribution in [0.3, 0.4) is 0 Å². The van der Waals surface area contributed by atoms with Crippen LogP contribution in [0.4, 0.5) is 0 Å². The number of aliphatic hydroxyl groups excluding tert-OH is 7. The van der Waals surface area contributed by atoms with Gasteiger partial charge in [0, 0.05) is 13.0 Å². The molecule has 2 aliphatic rings. The van der Waals surface area contributed by atoms with Gasteiger partial charge >= 0.3 is 5.97 Å². The molecule has 11 unspecified atom stereocenters. The average molecular weight is 1120 g/mol. The van der Waals surface area contributed by atoms with E-state index < -0.39 is 80.7 Å². The van der Waals surface area contributed by atoms with Gasteiger partial charge in [-0.2, -0.15) is 0 Å². The molecule has 0 aromatic heterocycles. The van der Waals surface area contributed by atoms with Crippen molar-refractivity contribution in [2.75, 3.05) is 33.0 Å². The zero-order valence-corrected chi connectivity index (χ0v) is 49.6. The van der Waals surface area contributed by atoms with Gasteiger partial charge in [0.2, 0.25) is 0 Å². The molecule has 2 rings (SSSR count). The zero-order valence-electron chi connectivity index (χ0n) is 49.6. The van der Waals surface area contributed by atoms with E-state index in [2.05, 4.69) is 74.6 Å². The van der Waals surface area contributed by atoms with Crippen molar-refractivity contribution in [1.29, 1.82) is 0 Å². The largest absolute Gasteiger partial charge is 0.457 e. The van der Waals surface area contributed by atoms with Crippen LogP contribution in [0, 0.1) is 0 Å². The molecule has 0 aromatic carbocycles. The predicted octanol–water partition coefficient (Wildman–Crippen LogP) is 12.4. The third-order valence-corrected chi connectivity index (χ3v) is 15.0. The smallest absolute Gasteiger partial charge is 0.306 e. The Kier molecular flexibility index (Phi) is 47.3. The number of carbonyl (C=O) groups excluding carboxylic acids is 1. The summed E-state index contributed by atoms with van der Waals surface area (Å²) < 4.78 is 34.5. The maximum absolute atomic E-state index is 13.1. The van der Waals surface area contributed by atoms with Crippen molar-refractivity contribution in [1.82, 2.24) is 0 Å². The maximum Gasteiger partial charge on any atom is 0.306 e. The minimum absolute atomic E-state index is 0.0568. The second-order valence-corrected chi connectivity index (χ2v) is 22.2. The molecular weight excluding hydrogens is 1000 g/mol. The Labute approximate surface area is 479 Å². The number of rotatable bonds is 52. The van der Waals surface area contributed by atoms with E-state index in [1.165, 1.54) is 154 Å². The first-order valence-electron chi connectivity index (χ1n) is 31.9. The van der Waals surface area contributed by atoms with E-state index >= 15 is 0 Å². The van der Waals surface area contributed by atoms with Crippen molar-refractivity contribution >= 4 is 5.97 Å². The number of aliphatic hydroxyl groups is 7. The molecule has 0 amide bonds. The molecule has 2 fully saturated rings. The fourth-order valence-electron chi connectivity index (χ4n) is 9.85. The molecular formula is C65H116O14. The minimum atomic E-state index is -1.71. The van der Waals surface area contributed by atoms with Crippen LogP contribution in [-0.2, 0) is 33.2 Å². The molecule has 2 heterocycles. The third kappa shape index (κ3) is 37.5. The lowest BCUT2D eigenvalue weighted by Crippen LogP contribution is -2.61. The quantitative estimate of drug-likeness (QED) is 0.0172. The van der Waals surface area contributed by atoms with E-state index in [-0.39, 0.29) is 25.6 Å². The van der Waals surface area contributed by atoms with Gasteiger partial charge in [-0.15, -0.1) is 0 Å². The van der Waals surface area contributed by atoms with Crippen LogP contribution in [-0.4, -0.2) is 142 Å². The van der Waals surface area contributed by atoms with E-state index in [9.17, 15) is 40.5 Å². The number of carbonyl (C=O) groups is 1. The SMILES string of the molecule is CCCCC/C=C\C/C=C\CCCCCCCCCCCC(=O)OC(COCCCCCCCCCCCCC/C=C\C/C=C\C/C=C\CCCCCCC)COC1OC(COC2OC(CO)C(O)C(O)C2O)C(O)C(O)C1O. The standard InChI is InChI=1S/C65H116O14/c1-3-5-7-9-11-13-15-17-19-21-23-24-25-26-27-28-29-31-33-35-37-39-41-43-45-47-49-74-51-54(77-57(67)48-46-44-42-40-38-36-34-32-30-22-20-18-16-14-12-10-8-6-4-2)52-75-64-63(73)61(71)59(69)56(79-64)53-76-65-62(72)60(70)58(68)55(50-66)78-65/h12,14-15,17-18,20-21,23,25-26,54-56,58-66,68-73H,3-11,13,16,19,22,24,27-53H2,1-2H3/b14-12-,17-15-,20-18-,23-21-,26-25-. The summed E-state index contributed by atoms with van der Waals surface area (Å²) in [5.41, 5.74) is 0. The van der Waals surface area contributed by atoms with E-state index in [1.54, 1.807) is 0 Å². The summed E-state index contributed by atoms with van der Waals surface area (Å²) in [7, 11) is 0. The lowest BCUT2D eigenvalue weighted by molar-refractivity contribution is -0.332. The molecule has 14 nitrogen and oxygen atoms in total. The van der Waals surface area contributed by atoms with E-state index in [0.717, 1.165) is 64.2 Å². The van der Waals surface area contributed by atoms with Crippen molar-refractivity contribution in [2.45, 2.75) is 313 Å². The highest BCUT2D eigenvalue weighted by Crippen LogP contribution is 2.27. The highest BCUT2D eigenvalue weighted by Gasteiger charge is 2.47. The normalized spacial score (nSPS) is 24.4. The number of hydrogen-bond acceptors (Lipinski definition) is 14. The summed E-state index contributed by atoms with van der Waals surface area (Å²) in [5.74, 6) is -0.380. The van der Waals surface area contributed by atoms with Crippen LogP contribution >= 0.6 is 0 Å². The highest BCUT2D eigenvalue weighted by atomic mass is 16.7. The molecule has 0 aliphatic carbocycles. The lowest BCUT2D eigenvalue weighted by atomic mass is 9.98. The monoisotopic (exact) mass is 1120 g/mol. The Morgan fingerprint density at radius 2 is 0.785 bits per heavy atom. The summed E-state index contributed by atoms with van der Waals surface area (Å²) in [6.07, 6.45) is 48.5. The van der Waals surface area contributed by atoms with Gasteiger partial charge in [-0.05, 0) is 83.5 Å². The predicted molar refractivity (Wildman–Crippen MR) is 316 cm³/mol. The van der Waals surface area contributed by atoms with Gasteiger partial charge in [0.25, 0.3) is 0 Å². The molecule has 460 valence electrons. The van der Waals surface area contributed by atoms with Gasteiger partial charge in [0.15, 0.2) is 12.6 Å². The van der Waals surface area contributed by atoms with E-state index in [0.29, 0.717) is 13.0 Å². The number of hydrogen-bond donors (Lipinski definition) is 7. The first-order chi connectivity index (χ1) is 38.6. The second-order valence-electron chi connectivity index (χ2n) is 22.2. The van der Waals surface area contributed by atoms with Crippen molar-refractivity contribution in [2.24, 2.45) is 0 Å². The number of esters is 1. The fraction of sp³-hybridized carbons (Fsp3) is 0.831. The maximum atomic E-state index is 13.1. The van der Waals surface area contributed by atoms with Crippen LogP contribution in [0.2, 0.25) is 0 Å². The Hall–Kier alpha value is -2.31. The van der Waals surface area contributed by atoms with E-state index in [1.807, 2.05) is 0 Å². The van der Waals surface area contributed by atoms with Crippen LogP contribution in [0.25, 0.3) is 0 Å². The average Bonchev–Trinajstić information content (AvgIpc) is 3.46. The molecule has 7 N–H and O–H groups in total. The number of unbranched alkanes of at least 4 members (excludes halogenated alkanes) is 28. The number of allylic oxidation sites excluding steroid dienone is 10. The summed E-state index contributed by atoms with van der Waals surface area (Å²) in [4.78, 5) is 13.1. The third-order valence-electron chi connectivity index (χ3n) is 15.0. The van der Waals surface area contributed by atoms with Gasteiger partial charge in [-0.1, -0.05) is 216 Å². The Morgan fingerprint density at radius 1 is 0.418 bits per heavy atom. The fourth-order valence-corrected chi connectivity index (χ4v) is 9.85. The Bertz CT molecular complexity index is 1540. The van der Waals surface area contributed by atoms with Crippen molar-refractivity contribution in [3.63, 3.8) is 0 Å². The van der Waals surface area contributed by atoms with Crippen molar-refractivity contribution < 1.29 is 69.0 Å². The van der Waals surface area contributed by atoms with Gasteiger partial charge < -0.3 is 64.2 Å². The molecule has 0 bridgehead atoms. The lowest BCUT2D eigenvalue weighted by Gasteiger charge is -2.42. The molecule has 0 spiro atoms. The zero-order chi connectivity index (χ0) is 57.2. The first-order valence-corrected chi connectivity index (χ1v) is 31.9. The minimum Gasteiger partial charge on any atom is -0.457 e. The first kappa shape index (κ1) is 72.8. The van der Waals surface area contributed by atoms with Crippen molar-refractivity contribution in [3.8, 4) is 0 Å². The molecule has 0 radical (unpaired) electrons. The number of ether oxygens (including phenoxy) is 6. The van der Waals surface area contributed by atoms with Crippen LogP contribution < -0.4 is 0 Å². The molecule has 11 atom stereocenters. The van der Waals surface area contributed by atoms with Gasteiger partial charge in [-0.3, -0.25) is 4.79 Å². The molecule has 0 saturated carbocycles. The molecule has 79 heavy (non-hydrogen) atoms. The Morgan fingerprint density at radius 3 is 1.25 bits per heavy atom. The van der Waals surface area contributed by atoms with Crippen LogP contribution in [0.1, 0.15) is 245 Å². The summed E-state index contributed by atoms with van der Waals surface area (Å²) >= 11 is 0. The van der Waals surface area contributed by atoms with Gasteiger partial charge in [-0.25, -0.2) is 0 Å². The molecule has 0 aromatic rings. The molecule has 2 saturated heterocycles. The topological polar surface area (TPSA) is 214 Å². The van der Waals surface area contributed by atoms with Crippen LogP contribution in [0.5, 0.6) is 0 Å². The van der Waals surface area contributed by atoms with Crippen LogP contribution in [0.15, 0.2) is 60.8 Å². The summed E-state index contributed by atoms with van der Waals surface area (Å²) in [6, 6.07) is 0. The van der Waals surface area contributed by atoms with Crippen molar-refractivity contribution in [3.05, 3.63) is 60.8 Å². The van der Waals surface area contributed by atoms with E-state index in [4.69, 9.17) is 28.4 Å². The summed E-state index contributed by atoms with van der Waals surface area (Å²) in [6.45, 7) is 3.67. The summed E-state index contributed by atoms with van der Waals surface area (Å²) in [5, 5.41) is 72.5. The molecule has 14 heteroatoms. The van der Waals surface area contributed by atoms with Gasteiger partial charge in [0.1, 0.15) is 54.9 Å². The highest BCUT2D eigenvalue weighted by molar-refractivity contribution is 5.69. The second kappa shape index (κ2) is 51.3.